The van der Waals surface area contributed by atoms with Gasteiger partial charge in [0, 0.05) is 6.42 Å². The summed E-state index contributed by atoms with van der Waals surface area (Å²) in [7, 11) is 0. The van der Waals surface area contributed by atoms with Gasteiger partial charge >= 0.3 is 0 Å². The highest BCUT2D eigenvalue weighted by Crippen LogP contribution is 2.26. The fraction of sp³-hybridized carbons (Fsp3) is 0.778. The van der Waals surface area contributed by atoms with Crippen LogP contribution in [0.3, 0.4) is 0 Å². The molecule has 1 aromatic rings. The second kappa shape index (κ2) is 3.25. The molecule has 1 fully saturated rings. The maximum atomic E-state index is 4.31. The summed E-state index contributed by atoms with van der Waals surface area (Å²) >= 11 is 0. The number of hydrogen-bond acceptors (Lipinski definition) is 2. The van der Waals surface area contributed by atoms with Crippen molar-refractivity contribution in [3.63, 3.8) is 0 Å². The molecule has 0 saturated heterocycles. The van der Waals surface area contributed by atoms with Crippen LogP contribution in [0.5, 0.6) is 0 Å². The fourth-order valence-electron chi connectivity index (χ4n) is 1.95. The third kappa shape index (κ3) is 1.65. The van der Waals surface area contributed by atoms with Crippen molar-refractivity contribution in [3.8, 4) is 0 Å². The molecule has 3 nitrogen and oxygen atoms in total. The second-order valence-electron chi connectivity index (χ2n) is 3.69. The van der Waals surface area contributed by atoms with Gasteiger partial charge in [-0.3, -0.25) is 5.10 Å². The minimum absolute atomic E-state index is 0.847. The van der Waals surface area contributed by atoms with Gasteiger partial charge in [0.1, 0.15) is 5.82 Å². The van der Waals surface area contributed by atoms with E-state index in [1.807, 2.05) is 6.92 Å². The summed E-state index contributed by atoms with van der Waals surface area (Å²) in [5, 5.41) is 7.02. The van der Waals surface area contributed by atoms with Crippen LogP contribution in [-0.4, -0.2) is 15.2 Å². The Hall–Kier alpha value is -0.860. The van der Waals surface area contributed by atoms with Crippen molar-refractivity contribution in [2.75, 3.05) is 0 Å². The molecule has 1 aromatic heterocycles. The lowest BCUT2D eigenvalue weighted by molar-refractivity contribution is 0.531. The second-order valence-corrected chi connectivity index (χ2v) is 3.69. The highest BCUT2D eigenvalue weighted by Gasteiger charge is 2.16. The zero-order chi connectivity index (χ0) is 8.39. The average Bonchev–Trinajstić information content (AvgIpc) is 2.63. The first-order chi connectivity index (χ1) is 5.84. The largest absolute Gasteiger partial charge is 0.263 e. The molecule has 0 aliphatic heterocycles. The molecule has 12 heavy (non-hydrogen) atoms. The molecule has 2 rings (SSSR count). The molecule has 0 bridgehead atoms. The molecule has 1 saturated carbocycles. The molecule has 0 atom stereocenters. The Kier molecular flexibility index (Phi) is 2.11. The topological polar surface area (TPSA) is 41.6 Å². The van der Waals surface area contributed by atoms with Crippen LogP contribution in [0.1, 0.15) is 37.3 Å². The number of rotatable bonds is 2. The van der Waals surface area contributed by atoms with Crippen LogP contribution >= 0.6 is 0 Å². The van der Waals surface area contributed by atoms with E-state index in [2.05, 4.69) is 15.2 Å². The third-order valence-electron chi connectivity index (χ3n) is 2.59. The van der Waals surface area contributed by atoms with Crippen LogP contribution in [0.2, 0.25) is 0 Å². The summed E-state index contributed by atoms with van der Waals surface area (Å²) in [6.07, 6.45) is 6.60. The van der Waals surface area contributed by atoms with Crippen LogP contribution in [0.4, 0.5) is 0 Å². The lowest BCUT2D eigenvalue weighted by Gasteiger charge is -2.03. The monoisotopic (exact) mass is 165 g/mol. The Balaban J connectivity index is 1.94. The van der Waals surface area contributed by atoms with Crippen molar-refractivity contribution in [1.29, 1.82) is 0 Å². The predicted molar refractivity (Wildman–Crippen MR) is 46.8 cm³/mol. The van der Waals surface area contributed by atoms with E-state index in [-0.39, 0.29) is 0 Å². The number of nitrogens with one attached hydrogen (secondary N) is 1. The molecule has 66 valence electrons. The van der Waals surface area contributed by atoms with Gasteiger partial charge in [0.15, 0.2) is 5.82 Å². The molecule has 1 heterocycles. The van der Waals surface area contributed by atoms with E-state index in [1.165, 1.54) is 25.7 Å². The first-order valence-electron chi connectivity index (χ1n) is 4.72. The smallest absolute Gasteiger partial charge is 0.150 e. The first kappa shape index (κ1) is 7.77. The van der Waals surface area contributed by atoms with E-state index in [0.29, 0.717) is 0 Å². The Labute approximate surface area is 72.6 Å². The van der Waals surface area contributed by atoms with E-state index in [4.69, 9.17) is 0 Å². The first-order valence-corrected chi connectivity index (χ1v) is 4.72. The summed E-state index contributed by atoms with van der Waals surface area (Å²) in [6.45, 7) is 1.95. The zero-order valence-corrected chi connectivity index (χ0v) is 7.51. The molecule has 0 radical (unpaired) electrons. The van der Waals surface area contributed by atoms with Crippen molar-refractivity contribution in [2.24, 2.45) is 5.92 Å². The summed E-state index contributed by atoms with van der Waals surface area (Å²) in [5.41, 5.74) is 0. The number of H-pyrrole nitrogens is 1. The number of aryl methyl sites for hydroxylation is 1. The van der Waals surface area contributed by atoms with Gasteiger partial charge in [0.05, 0.1) is 0 Å². The van der Waals surface area contributed by atoms with Crippen LogP contribution in [0, 0.1) is 12.8 Å². The highest BCUT2D eigenvalue weighted by atomic mass is 15.2. The summed E-state index contributed by atoms with van der Waals surface area (Å²) in [4.78, 5) is 4.31. The van der Waals surface area contributed by atoms with Crippen molar-refractivity contribution in [2.45, 2.75) is 39.0 Å². The Morgan fingerprint density at radius 2 is 2.17 bits per heavy atom. The van der Waals surface area contributed by atoms with Crippen molar-refractivity contribution in [1.82, 2.24) is 15.2 Å². The number of nitrogens with zero attached hydrogens (tertiary/aromatic N) is 2. The van der Waals surface area contributed by atoms with Gasteiger partial charge in [0.2, 0.25) is 0 Å². The quantitative estimate of drug-likeness (QED) is 0.726. The number of aromatic nitrogens is 3. The Bertz CT molecular complexity index is 248. The van der Waals surface area contributed by atoms with E-state index in [1.54, 1.807) is 0 Å². The van der Waals surface area contributed by atoms with E-state index >= 15 is 0 Å². The van der Waals surface area contributed by atoms with E-state index in [0.717, 1.165) is 24.0 Å². The zero-order valence-electron chi connectivity index (χ0n) is 7.51. The van der Waals surface area contributed by atoms with Gasteiger partial charge in [-0.1, -0.05) is 25.7 Å². The molecular weight excluding hydrogens is 150 g/mol. The van der Waals surface area contributed by atoms with E-state index < -0.39 is 0 Å². The minimum Gasteiger partial charge on any atom is -0.263 e. The maximum absolute atomic E-state index is 4.31. The van der Waals surface area contributed by atoms with Crippen LogP contribution in [0.15, 0.2) is 0 Å². The molecule has 1 aliphatic carbocycles. The number of hydrogen-bond donors (Lipinski definition) is 1. The van der Waals surface area contributed by atoms with Gasteiger partial charge in [0.25, 0.3) is 0 Å². The molecule has 3 heteroatoms. The van der Waals surface area contributed by atoms with Gasteiger partial charge in [-0.25, -0.2) is 4.98 Å². The van der Waals surface area contributed by atoms with Gasteiger partial charge in [-0.15, -0.1) is 0 Å². The SMILES string of the molecule is Cc1nc(CC2CCCC2)n[nH]1. The Morgan fingerprint density at radius 1 is 1.42 bits per heavy atom. The van der Waals surface area contributed by atoms with Crippen molar-refractivity contribution >= 4 is 0 Å². The fourth-order valence-corrected chi connectivity index (χ4v) is 1.95. The summed E-state index contributed by atoms with van der Waals surface area (Å²) in [5.74, 6) is 2.78. The highest BCUT2D eigenvalue weighted by molar-refractivity contribution is 4.90. The number of aromatic amines is 1. The molecule has 0 amide bonds. The minimum atomic E-state index is 0.847. The molecule has 0 aromatic carbocycles. The lowest BCUT2D eigenvalue weighted by atomic mass is 10.0. The summed E-state index contributed by atoms with van der Waals surface area (Å²) < 4.78 is 0. The van der Waals surface area contributed by atoms with Gasteiger partial charge in [-0.2, -0.15) is 5.10 Å². The van der Waals surface area contributed by atoms with Crippen molar-refractivity contribution < 1.29 is 0 Å². The maximum Gasteiger partial charge on any atom is 0.150 e. The molecule has 1 aliphatic rings. The predicted octanol–water partition coefficient (Wildman–Crippen LogP) is 1.85. The molecule has 1 N–H and O–H groups in total. The van der Waals surface area contributed by atoms with E-state index in [9.17, 15) is 0 Å². The van der Waals surface area contributed by atoms with Gasteiger partial charge in [-0.05, 0) is 12.8 Å². The average molecular weight is 165 g/mol. The van der Waals surface area contributed by atoms with Crippen LogP contribution in [0.25, 0.3) is 0 Å². The third-order valence-corrected chi connectivity index (χ3v) is 2.59. The summed E-state index contributed by atoms with van der Waals surface area (Å²) in [6, 6.07) is 0. The van der Waals surface area contributed by atoms with Crippen molar-refractivity contribution in [3.05, 3.63) is 11.6 Å². The van der Waals surface area contributed by atoms with Crippen LogP contribution in [-0.2, 0) is 6.42 Å². The molecular formula is C9H15N3. The molecule has 0 spiro atoms. The molecule has 0 unspecified atom stereocenters. The lowest BCUT2D eigenvalue weighted by Crippen LogP contribution is -2.00. The Morgan fingerprint density at radius 3 is 2.75 bits per heavy atom. The van der Waals surface area contributed by atoms with Crippen LogP contribution < -0.4 is 0 Å². The normalized spacial score (nSPS) is 18.8. The standard InChI is InChI=1S/C9H15N3/c1-7-10-9(12-11-7)6-8-4-2-3-5-8/h8H,2-6H2,1H3,(H,10,11,12). The van der Waals surface area contributed by atoms with Gasteiger partial charge < -0.3 is 0 Å².